The van der Waals surface area contributed by atoms with Gasteiger partial charge in [0, 0.05) is 22.7 Å². The summed E-state index contributed by atoms with van der Waals surface area (Å²) in [5.74, 6) is -0.572. The van der Waals surface area contributed by atoms with Gasteiger partial charge in [-0.3, -0.25) is 14.0 Å². The Bertz CT molecular complexity index is 1030. The standard InChI is InChI=1S/C17H15ClN4O4S/c18-11-3-1-10(2-4-11)13(21-16(19)25)8-15(24)26-9-12-7-14(23)22-5-6-27-17(22)20-12/h1-7,13H,8-9H2,(H3,19,21,25). The SMILES string of the molecule is NC(=O)NC(CC(=O)OCc1cc(=O)n2ccsc2n1)c1ccc(Cl)cc1. The number of urea groups is 1. The van der Waals surface area contributed by atoms with Crippen molar-refractivity contribution in [2.75, 3.05) is 0 Å². The first kappa shape index (κ1) is 18.9. The largest absolute Gasteiger partial charge is 0.459 e. The van der Waals surface area contributed by atoms with E-state index in [1.165, 1.54) is 21.8 Å². The smallest absolute Gasteiger partial charge is 0.312 e. The van der Waals surface area contributed by atoms with Crippen LogP contribution in [0.1, 0.15) is 23.7 Å². The van der Waals surface area contributed by atoms with Gasteiger partial charge in [0.25, 0.3) is 5.56 Å². The van der Waals surface area contributed by atoms with E-state index in [2.05, 4.69) is 10.3 Å². The molecule has 0 spiro atoms. The predicted octanol–water partition coefficient (Wildman–Crippen LogP) is 2.25. The Balaban J connectivity index is 1.67. The number of esters is 1. The maximum atomic E-state index is 12.2. The molecular formula is C17H15ClN4O4S. The van der Waals surface area contributed by atoms with Crippen LogP contribution < -0.4 is 16.6 Å². The van der Waals surface area contributed by atoms with E-state index in [1.807, 2.05) is 0 Å². The van der Waals surface area contributed by atoms with Crippen molar-refractivity contribution in [2.45, 2.75) is 19.1 Å². The molecule has 0 radical (unpaired) electrons. The molecule has 0 bridgehead atoms. The molecule has 1 unspecified atom stereocenters. The van der Waals surface area contributed by atoms with Gasteiger partial charge in [-0.05, 0) is 17.7 Å². The van der Waals surface area contributed by atoms with Crippen LogP contribution in [0.2, 0.25) is 5.02 Å². The maximum Gasteiger partial charge on any atom is 0.312 e. The number of fused-ring (bicyclic) bond motifs is 1. The van der Waals surface area contributed by atoms with Crippen molar-refractivity contribution >= 4 is 39.9 Å². The van der Waals surface area contributed by atoms with Crippen LogP contribution in [0.5, 0.6) is 0 Å². The van der Waals surface area contributed by atoms with Gasteiger partial charge in [-0.25, -0.2) is 9.78 Å². The number of hydrogen-bond donors (Lipinski definition) is 2. The van der Waals surface area contributed by atoms with Crippen molar-refractivity contribution in [3.05, 3.63) is 68.5 Å². The first-order valence-corrected chi connectivity index (χ1v) is 9.11. The number of nitrogens with zero attached hydrogens (tertiary/aromatic N) is 2. The number of primary amides is 1. The van der Waals surface area contributed by atoms with Gasteiger partial charge < -0.3 is 15.8 Å². The van der Waals surface area contributed by atoms with Gasteiger partial charge in [0.1, 0.15) is 6.61 Å². The summed E-state index contributed by atoms with van der Waals surface area (Å²) < 4.78 is 6.61. The summed E-state index contributed by atoms with van der Waals surface area (Å²) in [4.78, 5) is 40.1. The van der Waals surface area contributed by atoms with E-state index in [1.54, 1.807) is 35.8 Å². The molecule has 27 heavy (non-hydrogen) atoms. The number of benzene rings is 1. The van der Waals surface area contributed by atoms with Gasteiger partial charge in [0.15, 0.2) is 4.96 Å². The van der Waals surface area contributed by atoms with Crippen molar-refractivity contribution in [1.82, 2.24) is 14.7 Å². The molecule has 3 aromatic rings. The number of halogens is 1. The molecule has 0 aliphatic heterocycles. The molecule has 0 saturated heterocycles. The Morgan fingerprint density at radius 2 is 2.07 bits per heavy atom. The molecule has 0 saturated carbocycles. The third-order valence-electron chi connectivity index (χ3n) is 3.70. The lowest BCUT2D eigenvalue weighted by molar-refractivity contribution is -0.145. The summed E-state index contributed by atoms with van der Waals surface area (Å²) in [6.45, 7) is -0.146. The minimum atomic E-state index is -0.763. The first-order valence-electron chi connectivity index (χ1n) is 7.85. The van der Waals surface area contributed by atoms with Crippen LogP contribution >= 0.6 is 22.9 Å². The van der Waals surface area contributed by atoms with Crippen LogP contribution in [0.3, 0.4) is 0 Å². The molecular weight excluding hydrogens is 392 g/mol. The Kier molecular flexibility index (Phi) is 5.72. The zero-order chi connectivity index (χ0) is 19.4. The second kappa shape index (κ2) is 8.19. The fourth-order valence-corrected chi connectivity index (χ4v) is 3.33. The van der Waals surface area contributed by atoms with Gasteiger partial charge in [-0.2, -0.15) is 0 Å². The van der Waals surface area contributed by atoms with E-state index in [0.717, 1.165) is 0 Å². The molecule has 3 rings (SSSR count). The van der Waals surface area contributed by atoms with Crippen LogP contribution in [-0.2, 0) is 16.1 Å². The summed E-state index contributed by atoms with van der Waals surface area (Å²) in [5, 5.41) is 4.77. The van der Waals surface area contributed by atoms with Crippen molar-refractivity contribution in [3.63, 3.8) is 0 Å². The van der Waals surface area contributed by atoms with E-state index in [-0.39, 0.29) is 18.6 Å². The number of carbonyl (C=O) groups excluding carboxylic acids is 2. The van der Waals surface area contributed by atoms with Gasteiger partial charge in [0.05, 0.1) is 18.2 Å². The number of carbonyl (C=O) groups is 2. The highest BCUT2D eigenvalue weighted by Gasteiger charge is 2.19. The number of rotatable bonds is 6. The quantitative estimate of drug-likeness (QED) is 0.609. The van der Waals surface area contributed by atoms with Gasteiger partial charge in [0.2, 0.25) is 0 Å². The second-order valence-corrected chi connectivity index (χ2v) is 6.93. The highest BCUT2D eigenvalue weighted by Crippen LogP contribution is 2.20. The van der Waals surface area contributed by atoms with Gasteiger partial charge in [-0.15, -0.1) is 11.3 Å². The average Bonchev–Trinajstić information content (AvgIpc) is 3.09. The van der Waals surface area contributed by atoms with E-state index in [9.17, 15) is 14.4 Å². The van der Waals surface area contributed by atoms with Crippen molar-refractivity contribution in [2.24, 2.45) is 5.73 Å². The molecule has 10 heteroatoms. The average molecular weight is 407 g/mol. The topological polar surface area (TPSA) is 116 Å². The second-order valence-electron chi connectivity index (χ2n) is 5.62. The molecule has 140 valence electrons. The maximum absolute atomic E-state index is 12.2. The number of aromatic nitrogens is 2. The van der Waals surface area contributed by atoms with Crippen LogP contribution in [0.15, 0.2) is 46.7 Å². The number of nitrogens with two attached hydrogens (primary N) is 1. The third-order valence-corrected chi connectivity index (χ3v) is 4.71. The summed E-state index contributed by atoms with van der Waals surface area (Å²) in [6.07, 6.45) is 1.49. The minimum Gasteiger partial charge on any atom is -0.459 e. The summed E-state index contributed by atoms with van der Waals surface area (Å²) in [7, 11) is 0. The van der Waals surface area contributed by atoms with Crippen LogP contribution in [0, 0.1) is 0 Å². The highest BCUT2D eigenvalue weighted by atomic mass is 35.5. The summed E-state index contributed by atoms with van der Waals surface area (Å²) in [6, 6.07) is 6.54. The Morgan fingerprint density at radius 3 is 2.78 bits per heavy atom. The van der Waals surface area contributed by atoms with Crippen molar-refractivity contribution < 1.29 is 14.3 Å². The molecule has 0 fully saturated rings. The van der Waals surface area contributed by atoms with E-state index in [4.69, 9.17) is 22.1 Å². The zero-order valence-electron chi connectivity index (χ0n) is 13.9. The number of hydrogen-bond acceptors (Lipinski definition) is 6. The lowest BCUT2D eigenvalue weighted by Gasteiger charge is -2.17. The number of ether oxygens (including phenoxy) is 1. The Morgan fingerprint density at radius 1 is 1.33 bits per heavy atom. The molecule has 0 aliphatic carbocycles. The number of thiazole rings is 1. The number of amides is 2. The first-order chi connectivity index (χ1) is 12.9. The molecule has 2 aromatic heterocycles. The van der Waals surface area contributed by atoms with Crippen LogP contribution in [-0.4, -0.2) is 21.4 Å². The predicted molar refractivity (Wildman–Crippen MR) is 101 cm³/mol. The Hall–Kier alpha value is -2.91. The van der Waals surface area contributed by atoms with Crippen LogP contribution in [0.4, 0.5) is 4.79 Å². The fourth-order valence-electron chi connectivity index (χ4n) is 2.46. The molecule has 1 atom stereocenters. The van der Waals surface area contributed by atoms with E-state index in [0.29, 0.717) is 21.2 Å². The van der Waals surface area contributed by atoms with Crippen molar-refractivity contribution in [1.29, 1.82) is 0 Å². The van der Waals surface area contributed by atoms with E-state index >= 15 is 0 Å². The monoisotopic (exact) mass is 406 g/mol. The van der Waals surface area contributed by atoms with Crippen molar-refractivity contribution in [3.8, 4) is 0 Å². The normalized spacial score (nSPS) is 11.9. The lowest BCUT2D eigenvalue weighted by atomic mass is 10.0. The number of nitrogens with one attached hydrogen (secondary N) is 1. The molecule has 2 amide bonds. The summed E-state index contributed by atoms with van der Waals surface area (Å²) >= 11 is 7.16. The van der Waals surface area contributed by atoms with Gasteiger partial charge in [-0.1, -0.05) is 23.7 Å². The third kappa shape index (κ3) is 4.83. The highest BCUT2D eigenvalue weighted by molar-refractivity contribution is 7.15. The minimum absolute atomic E-state index is 0.134. The van der Waals surface area contributed by atoms with E-state index < -0.39 is 18.0 Å². The molecule has 3 N–H and O–H groups in total. The van der Waals surface area contributed by atoms with Crippen LogP contribution in [0.25, 0.3) is 4.96 Å². The summed E-state index contributed by atoms with van der Waals surface area (Å²) in [5.41, 5.74) is 5.95. The van der Waals surface area contributed by atoms with Gasteiger partial charge >= 0.3 is 12.0 Å². The zero-order valence-corrected chi connectivity index (χ0v) is 15.5. The fraction of sp³-hybridized carbons (Fsp3) is 0.176. The molecule has 1 aromatic carbocycles. The molecule has 2 heterocycles. The molecule has 8 nitrogen and oxygen atoms in total. The molecule has 0 aliphatic rings. The lowest BCUT2D eigenvalue weighted by Crippen LogP contribution is -2.34. The Labute approximate surface area is 162 Å².